The quantitative estimate of drug-likeness (QED) is 0.378. The van der Waals surface area contributed by atoms with Gasteiger partial charge in [-0.25, -0.2) is 4.79 Å². The number of carbonyl (C=O) groups excluding carboxylic acids is 1. The van der Waals surface area contributed by atoms with Crippen LogP contribution in [0.1, 0.15) is 20.3 Å². The lowest BCUT2D eigenvalue weighted by Gasteiger charge is -2.00. The molecule has 0 heterocycles. The van der Waals surface area contributed by atoms with Crippen LogP contribution >= 0.6 is 12.6 Å². The van der Waals surface area contributed by atoms with E-state index in [1.54, 1.807) is 6.92 Å². The van der Waals surface area contributed by atoms with Gasteiger partial charge < -0.3 is 4.74 Å². The summed E-state index contributed by atoms with van der Waals surface area (Å²) in [5, 5.41) is 0. The van der Waals surface area contributed by atoms with Gasteiger partial charge in [0.05, 0.1) is 7.11 Å². The van der Waals surface area contributed by atoms with E-state index in [0.717, 1.165) is 11.3 Å². The summed E-state index contributed by atoms with van der Waals surface area (Å²) < 4.78 is 4.49. The topological polar surface area (TPSA) is 26.3 Å². The summed E-state index contributed by atoms with van der Waals surface area (Å²) in [5.41, 5.74) is 0.591. The zero-order valence-electron chi connectivity index (χ0n) is 6.47. The van der Waals surface area contributed by atoms with E-state index >= 15 is 0 Å². The molecule has 0 aromatic carbocycles. The molecule has 0 aliphatic carbocycles. The molecule has 0 saturated carbocycles. The standard InChI is InChI=1S/C7H12O2S/c1-4-6(10)5(2)7(8)9-3/h10H,4H2,1-3H3. The fourth-order valence-corrected chi connectivity index (χ4v) is 0.627. The van der Waals surface area contributed by atoms with Crippen molar-refractivity contribution in [3.8, 4) is 0 Å². The molecule has 10 heavy (non-hydrogen) atoms. The van der Waals surface area contributed by atoms with E-state index in [1.807, 2.05) is 6.92 Å². The van der Waals surface area contributed by atoms with E-state index < -0.39 is 0 Å². The first-order valence-electron chi connectivity index (χ1n) is 3.10. The zero-order valence-corrected chi connectivity index (χ0v) is 7.37. The molecule has 0 rings (SSSR count). The maximum absolute atomic E-state index is 10.8. The first kappa shape index (κ1) is 9.56. The molecule has 0 radical (unpaired) electrons. The van der Waals surface area contributed by atoms with Crippen LogP contribution in [0.2, 0.25) is 0 Å². The Labute approximate surface area is 66.7 Å². The van der Waals surface area contributed by atoms with Gasteiger partial charge in [0.15, 0.2) is 0 Å². The smallest absolute Gasteiger partial charge is 0.334 e. The van der Waals surface area contributed by atoms with E-state index in [4.69, 9.17) is 0 Å². The third-order valence-electron chi connectivity index (χ3n) is 1.26. The van der Waals surface area contributed by atoms with Gasteiger partial charge in [0, 0.05) is 5.57 Å². The summed E-state index contributed by atoms with van der Waals surface area (Å²) in [6.45, 7) is 3.65. The van der Waals surface area contributed by atoms with Crippen molar-refractivity contribution >= 4 is 18.6 Å². The second kappa shape index (κ2) is 4.39. The van der Waals surface area contributed by atoms with Crippen LogP contribution in [0.3, 0.4) is 0 Å². The molecule has 0 spiro atoms. The fourth-order valence-electron chi connectivity index (χ4n) is 0.536. The molecule has 0 aliphatic heterocycles. The van der Waals surface area contributed by atoms with Gasteiger partial charge in [-0.05, 0) is 18.2 Å². The maximum Gasteiger partial charge on any atom is 0.334 e. The number of allylic oxidation sites excluding steroid dienone is 1. The monoisotopic (exact) mass is 160 g/mol. The van der Waals surface area contributed by atoms with E-state index in [1.165, 1.54) is 7.11 Å². The van der Waals surface area contributed by atoms with Crippen molar-refractivity contribution in [3.05, 3.63) is 10.5 Å². The lowest BCUT2D eigenvalue weighted by atomic mass is 10.2. The Hall–Kier alpha value is -0.440. The summed E-state index contributed by atoms with van der Waals surface area (Å²) in [6.07, 6.45) is 0.768. The first-order chi connectivity index (χ1) is 4.63. The minimum absolute atomic E-state index is 0.299. The van der Waals surface area contributed by atoms with E-state index in [9.17, 15) is 4.79 Å². The number of thiol groups is 1. The summed E-state index contributed by atoms with van der Waals surface area (Å²) in [7, 11) is 1.36. The molecule has 3 heteroatoms. The van der Waals surface area contributed by atoms with Crippen LogP contribution in [0.25, 0.3) is 0 Å². The number of hydrogen-bond donors (Lipinski definition) is 1. The van der Waals surface area contributed by atoms with Crippen LogP contribution in [0, 0.1) is 0 Å². The largest absolute Gasteiger partial charge is 0.466 e. The Balaban J connectivity index is 4.30. The zero-order chi connectivity index (χ0) is 8.15. The second-order valence-corrected chi connectivity index (χ2v) is 2.46. The van der Waals surface area contributed by atoms with Gasteiger partial charge in [-0.1, -0.05) is 6.92 Å². The maximum atomic E-state index is 10.8. The van der Waals surface area contributed by atoms with E-state index in [-0.39, 0.29) is 5.97 Å². The van der Waals surface area contributed by atoms with Gasteiger partial charge in [-0.15, -0.1) is 12.6 Å². The minimum Gasteiger partial charge on any atom is -0.466 e. The molecular weight excluding hydrogens is 148 g/mol. The van der Waals surface area contributed by atoms with Gasteiger partial charge >= 0.3 is 5.97 Å². The fraction of sp³-hybridized carbons (Fsp3) is 0.571. The van der Waals surface area contributed by atoms with Gasteiger partial charge in [-0.2, -0.15) is 0 Å². The Morgan fingerprint density at radius 2 is 2.10 bits per heavy atom. The Bertz CT molecular complexity index is 161. The number of carbonyl (C=O) groups is 1. The summed E-state index contributed by atoms with van der Waals surface area (Å²) in [4.78, 5) is 11.6. The van der Waals surface area contributed by atoms with Gasteiger partial charge in [0.25, 0.3) is 0 Å². The molecule has 0 saturated heterocycles. The highest BCUT2D eigenvalue weighted by Gasteiger charge is 2.05. The third kappa shape index (κ3) is 2.43. The van der Waals surface area contributed by atoms with Crippen molar-refractivity contribution in [2.24, 2.45) is 0 Å². The van der Waals surface area contributed by atoms with Crippen molar-refractivity contribution in [3.63, 3.8) is 0 Å². The molecule has 0 bridgehead atoms. The van der Waals surface area contributed by atoms with Crippen molar-refractivity contribution in [2.75, 3.05) is 7.11 Å². The number of esters is 1. The number of ether oxygens (including phenoxy) is 1. The van der Waals surface area contributed by atoms with Crippen LogP contribution in [-0.4, -0.2) is 13.1 Å². The second-order valence-electron chi connectivity index (χ2n) is 1.92. The van der Waals surface area contributed by atoms with Gasteiger partial charge in [-0.3, -0.25) is 0 Å². The molecule has 0 fully saturated rings. The van der Waals surface area contributed by atoms with Crippen LogP contribution in [0.5, 0.6) is 0 Å². The van der Waals surface area contributed by atoms with Crippen LogP contribution in [0.4, 0.5) is 0 Å². The minimum atomic E-state index is -0.299. The van der Waals surface area contributed by atoms with E-state index in [2.05, 4.69) is 17.4 Å². The average molecular weight is 160 g/mol. The Morgan fingerprint density at radius 1 is 1.60 bits per heavy atom. The molecule has 0 aromatic heterocycles. The molecule has 0 N–H and O–H groups in total. The normalized spacial score (nSPS) is 12.4. The number of rotatable bonds is 2. The van der Waals surface area contributed by atoms with Gasteiger partial charge in [0.1, 0.15) is 0 Å². The van der Waals surface area contributed by atoms with Gasteiger partial charge in [0.2, 0.25) is 0 Å². The molecule has 0 aliphatic rings. The molecule has 0 atom stereocenters. The summed E-state index contributed by atoms with van der Waals surface area (Å²) in [5.74, 6) is -0.299. The van der Waals surface area contributed by atoms with Crippen molar-refractivity contribution in [2.45, 2.75) is 20.3 Å². The molecule has 0 amide bonds. The number of hydrogen-bond acceptors (Lipinski definition) is 3. The lowest BCUT2D eigenvalue weighted by Crippen LogP contribution is -2.02. The highest BCUT2D eigenvalue weighted by atomic mass is 32.1. The predicted molar refractivity (Wildman–Crippen MR) is 44.0 cm³/mol. The highest BCUT2D eigenvalue weighted by Crippen LogP contribution is 2.12. The SMILES string of the molecule is CCC(S)=C(C)C(=O)OC. The lowest BCUT2D eigenvalue weighted by molar-refractivity contribution is -0.136. The number of methoxy groups -OCH3 is 1. The average Bonchev–Trinajstić information content (AvgIpc) is 2.00. The Kier molecular flexibility index (Phi) is 4.19. The Morgan fingerprint density at radius 3 is 2.40 bits per heavy atom. The third-order valence-corrected chi connectivity index (χ3v) is 1.91. The molecule has 58 valence electrons. The highest BCUT2D eigenvalue weighted by molar-refractivity contribution is 7.84. The van der Waals surface area contributed by atoms with Crippen LogP contribution < -0.4 is 0 Å². The van der Waals surface area contributed by atoms with Crippen LogP contribution in [-0.2, 0) is 9.53 Å². The summed E-state index contributed by atoms with van der Waals surface area (Å²) >= 11 is 4.10. The molecular formula is C7H12O2S. The van der Waals surface area contributed by atoms with Crippen molar-refractivity contribution < 1.29 is 9.53 Å². The molecule has 0 unspecified atom stereocenters. The first-order valence-corrected chi connectivity index (χ1v) is 3.55. The van der Waals surface area contributed by atoms with Crippen molar-refractivity contribution in [1.82, 2.24) is 0 Å². The molecule has 2 nitrogen and oxygen atoms in total. The van der Waals surface area contributed by atoms with Crippen LogP contribution in [0.15, 0.2) is 10.5 Å². The summed E-state index contributed by atoms with van der Waals surface area (Å²) in [6, 6.07) is 0. The predicted octanol–water partition coefficient (Wildman–Crippen LogP) is 1.77. The molecule has 0 aromatic rings. The van der Waals surface area contributed by atoms with Crippen molar-refractivity contribution in [1.29, 1.82) is 0 Å². The van der Waals surface area contributed by atoms with E-state index in [0.29, 0.717) is 5.57 Å².